The van der Waals surface area contributed by atoms with E-state index in [1.807, 2.05) is 29.5 Å². The Kier molecular flexibility index (Phi) is 4.49. The van der Waals surface area contributed by atoms with Gasteiger partial charge in [0.25, 0.3) is 0 Å². The van der Waals surface area contributed by atoms with Gasteiger partial charge in [-0.25, -0.2) is 0 Å². The highest BCUT2D eigenvalue weighted by atomic mass is 32.1. The Bertz CT molecular complexity index is 996. The molecule has 3 N–H and O–H groups in total. The number of rotatable bonds is 5. The van der Waals surface area contributed by atoms with Crippen LogP contribution in [-0.4, -0.2) is 26.4 Å². The van der Waals surface area contributed by atoms with Gasteiger partial charge in [0.15, 0.2) is 0 Å². The summed E-state index contributed by atoms with van der Waals surface area (Å²) in [5, 5.41) is 5.52. The van der Waals surface area contributed by atoms with Crippen LogP contribution in [0.1, 0.15) is 40.7 Å². The third-order valence-electron chi connectivity index (χ3n) is 5.62. The molecule has 7 heteroatoms. The van der Waals surface area contributed by atoms with E-state index in [0.717, 1.165) is 36.0 Å². The minimum Gasteiger partial charge on any atom is -0.368 e. The second-order valence-corrected chi connectivity index (χ2v) is 8.68. The van der Waals surface area contributed by atoms with Crippen LogP contribution in [0.5, 0.6) is 0 Å². The smallest absolute Gasteiger partial charge is 0.232 e. The highest BCUT2D eigenvalue weighted by Crippen LogP contribution is 2.48. The quantitative estimate of drug-likeness (QED) is 0.681. The molecule has 1 aliphatic carbocycles. The fourth-order valence-corrected chi connectivity index (χ4v) is 5.03. The molecule has 1 fully saturated rings. The van der Waals surface area contributed by atoms with Crippen molar-refractivity contribution in [3.63, 3.8) is 0 Å². The van der Waals surface area contributed by atoms with Crippen molar-refractivity contribution < 1.29 is 0 Å². The van der Waals surface area contributed by atoms with Gasteiger partial charge in [-0.3, -0.25) is 4.90 Å². The Morgan fingerprint density at radius 1 is 1.18 bits per heavy atom. The van der Waals surface area contributed by atoms with Gasteiger partial charge in [-0.15, -0.1) is 11.3 Å². The van der Waals surface area contributed by atoms with Gasteiger partial charge in [0.05, 0.1) is 6.54 Å². The van der Waals surface area contributed by atoms with Crippen molar-refractivity contribution in [2.45, 2.75) is 38.8 Å². The first kappa shape index (κ1) is 17.6. The predicted octanol–water partition coefficient (Wildman–Crippen LogP) is 4.08. The lowest BCUT2D eigenvalue weighted by atomic mass is 9.96. The summed E-state index contributed by atoms with van der Waals surface area (Å²) in [6.45, 7) is 3.80. The van der Waals surface area contributed by atoms with Crippen LogP contribution in [0.25, 0.3) is 0 Å². The number of thiophene rings is 1. The van der Waals surface area contributed by atoms with E-state index in [-0.39, 0.29) is 5.95 Å². The molecule has 0 amide bonds. The predicted molar refractivity (Wildman–Crippen MR) is 113 cm³/mol. The van der Waals surface area contributed by atoms with Crippen LogP contribution in [0.3, 0.4) is 0 Å². The van der Waals surface area contributed by atoms with Crippen molar-refractivity contribution in [2.75, 3.05) is 17.6 Å². The zero-order valence-corrected chi connectivity index (χ0v) is 16.7. The van der Waals surface area contributed by atoms with Crippen molar-refractivity contribution in [3.8, 4) is 0 Å². The van der Waals surface area contributed by atoms with E-state index >= 15 is 0 Å². The average molecular weight is 393 g/mol. The van der Waals surface area contributed by atoms with Gasteiger partial charge in [-0.1, -0.05) is 18.2 Å². The van der Waals surface area contributed by atoms with Crippen LogP contribution < -0.4 is 11.1 Å². The topological polar surface area (TPSA) is 80.0 Å². The number of hydrogen-bond acceptors (Lipinski definition) is 7. The lowest BCUT2D eigenvalue weighted by molar-refractivity contribution is 0.154. The summed E-state index contributed by atoms with van der Waals surface area (Å²) in [5.41, 5.74) is 9.64. The Hall–Kier alpha value is -2.51. The number of fused-ring (bicyclic) bond motifs is 1. The SMILES string of the molecule is Cc1ccccc1Nc1nc(N)nc(CN2CCc3sccc3[C@@H]2C2CC2)n1. The maximum Gasteiger partial charge on any atom is 0.232 e. The molecule has 0 unspecified atom stereocenters. The number of anilines is 3. The molecule has 0 bridgehead atoms. The molecule has 144 valence electrons. The van der Waals surface area contributed by atoms with E-state index < -0.39 is 0 Å². The molecule has 28 heavy (non-hydrogen) atoms. The zero-order chi connectivity index (χ0) is 19.1. The van der Waals surface area contributed by atoms with Crippen molar-refractivity contribution in [2.24, 2.45) is 5.92 Å². The number of nitrogens with zero attached hydrogens (tertiary/aromatic N) is 4. The van der Waals surface area contributed by atoms with Crippen LogP contribution >= 0.6 is 11.3 Å². The van der Waals surface area contributed by atoms with Crippen molar-refractivity contribution >= 4 is 28.9 Å². The zero-order valence-electron chi connectivity index (χ0n) is 15.9. The lowest BCUT2D eigenvalue weighted by Crippen LogP contribution is -2.36. The van der Waals surface area contributed by atoms with Crippen molar-refractivity contribution in [3.05, 3.63) is 57.5 Å². The normalized spacial score (nSPS) is 19.4. The molecule has 6 nitrogen and oxygen atoms in total. The van der Waals surface area contributed by atoms with Gasteiger partial charge >= 0.3 is 0 Å². The third kappa shape index (κ3) is 3.47. The monoisotopic (exact) mass is 392 g/mol. The van der Waals surface area contributed by atoms with Crippen LogP contribution in [0, 0.1) is 12.8 Å². The van der Waals surface area contributed by atoms with Crippen molar-refractivity contribution in [1.82, 2.24) is 19.9 Å². The van der Waals surface area contributed by atoms with E-state index in [2.05, 4.69) is 49.6 Å². The molecule has 2 aromatic heterocycles. The van der Waals surface area contributed by atoms with E-state index in [1.54, 1.807) is 4.88 Å². The molecule has 3 heterocycles. The first-order chi connectivity index (χ1) is 13.7. The molecule has 0 spiro atoms. The first-order valence-electron chi connectivity index (χ1n) is 9.81. The maximum absolute atomic E-state index is 6.00. The largest absolute Gasteiger partial charge is 0.368 e. The van der Waals surface area contributed by atoms with E-state index in [1.165, 1.54) is 18.4 Å². The fourth-order valence-electron chi connectivity index (χ4n) is 4.12. The van der Waals surface area contributed by atoms with Crippen molar-refractivity contribution in [1.29, 1.82) is 0 Å². The number of nitrogens with one attached hydrogen (secondary N) is 1. The highest BCUT2D eigenvalue weighted by molar-refractivity contribution is 7.10. The second kappa shape index (κ2) is 7.14. The summed E-state index contributed by atoms with van der Waals surface area (Å²) in [4.78, 5) is 17.5. The van der Waals surface area contributed by atoms with E-state index in [4.69, 9.17) is 5.73 Å². The lowest BCUT2D eigenvalue weighted by Gasteiger charge is -2.35. The summed E-state index contributed by atoms with van der Waals surface area (Å²) in [5.74, 6) is 2.26. The molecular weight excluding hydrogens is 368 g/mol. The molecule has 3 aromatic rings. The molecular formula is C21H24N6S. The number of para-hydroxylation sites is 1. The van der Waals surface area contributed by atoms with Gasteiger partial charge in [0.2, 0.25) is 11.9 Å². The summed E-state index contributed by atoms with van der Waals surface area (Å²) >= 11 is 1.89. The standard InChI is InChI=1S/C21H24N6S/c1-13-4-2-3-5-16(13)23-21-25-18(24-20(22)26-21)12-27-10-8-17-15(9-11-28-17)19(27)14-6-7-14/h2-5,9,11,14,19H,6-8,10,12H2,1H3,(H3,22,23,24,25,26)/t19-/m0/s1. The number of aryl methyl sites for hydroxylation is 1. The average Bonchev–Trinajstić information content (AvgIpc) is 3.39. The Morgan fingerprint density at radius 2 is 2.04 bits per heavy atom. The number of benzene rings is 1. The number of hydrogen-bond donors (Lipinski definition) is 2. The van der Waals surface area contributed by atoms with E-state index in [0.29, 0.717) is 18.5 Å². The van der Waals surface area contributed by atoms with Crippen LogP contribution in [0.15, 0.2) is 35.7 Å². The van der Waals surface area contributed by atoms with Gasteiger partial charge in [0, 0.05) is 23.2 Å². The summed E-state index contributed by atoms with van der Waals surface area (Å²) < 4.78 is 0. The van der Waals surface area contributed by atoms with Gasteiger partial charge in [0.1, 0.15) is 5.82 Å². The second-order valence-electron chi connectivity index (χ2n) is 7.68. The summed E-state index contributed by atoms with van der Waals surface area (Å²) in [6.07, 6.45) is 3.73. The minimum absolute atomic E-state index is 0.261. The van der Waals surface area contributed by atoms with Crippen LogP contribution in [0.4, 0.5) is 17.6 Å². The molecule has 5 rings (SSSR count). The minimum atomic E-state index is 0.261. The molecule has 1 atom stereocenters. The van der Waals surface area contributed by atoms with Gasteiger partial charge in [-0.05, 0) is 60.7 Å². The molecule has 2 aliphatic rings. The maximum atomic E-state index is 6.00. The molecule has 0 saturated heterocycles. The van der Waals surface area contributed by atoms with Crippen LogP contribution in [-0.2, 0) is 13.0 Å². The summed E-state index contributed by atoms with van der Waals surface area (Å²) in [7, 11) is 0. The molecule has 0 radical (unpaired) electrons. The molecule has 1 aliphatic heterocycles. The molecule has 1 saturated carbocycles. The number of nitrogens with two attached hydrogens (primary N) is 1. The van der Waals surface area contributed by atoms with Crippen LogP contribution in [0.2, 0.25) is 0 Å². The van der Waals surface area contributed by atoms with Gasteiger partial charge < -0.3 is 11.1 Å². The molecule has 1 aromatic carbocycles. The first-order valence-corrected chi connectivity index (χ1v) is 10.7. The highest BCUT2D eigenvalue weighted by Gasteiger charge is 2.40. The number of aromatic nitrogens is 3. The Morgan fingerprint density at radius 3 is 2.86 bits per heavy atom. The Labute approximate surface area is 168 Å². The summed E-state index contributed by atoms with van der Waals surface area (Å²) in [6, 6.07) is 10.9. The van der Waals surface area contributed by atoms with Gasteiger partial charge in [-0.2, -0.15) is 15.0 Å². The Balaban J connectivity index is 1.39. The third-order valence-corrected chi connectivity index (χ3v) is 6.62. The number of nitrogen functional groups attached to an aromatic ring is 1. The fraction of sp³-hybridized carbons (Fsp3) is 0.381. The van der Waals surface area contributed by atoms with E-state index in [9.17, 15) is 0 Å².